The van der Waals surface area contributed by atoms with Crippen molar-refractivity contribution >= 4 is 0 Å². The van der Waals surface area contributed by atoms with E-state index in [2.05, 4.69) is 188 Å². The van der Waals surface area contributed by atoms with Crippen molar-refractivity contribution in [2.45, 2.75) is 131 Å². The highest BCUT2D eigenvalue weighted by Gasteiger charge is 2.37. The summed E-state index contributed by atoms with van der Waals surface area (Å²) >= 11 is 0. The van der Waals surface area contributed by atoms with Crippen LogP contribution in [0.3, 0.4) is 0 Å². The van der Waals surface area contributed by atoms with Gasteiger partial charge in [-0.2, -0.15) is 0 Å². The predicted octanol–water partition coefficient (Wildman–Crippen LogP) is 9.04. The Hall–Kier alpha value is -4.16. The minimum absolute atomic E-state index is 0.0194. The lowest BCUT2D eigenvalue weighted by molar-refractivity contribution is -0.00454. The molecule has 0 aromatic heterocycles. The van der Waals surface area contributed by atoms with Crippen LogP contribution in [-0.2, 0) is 47.8 Å². The summed E-state index contributed by atoms with van der Waals surface area (Å²) in [6.45, 7) is 37.8. The van der Waals surface area contributed by atoms with Crippen molar-refractivity contribution in [3.05, 3.63) is 117 Å². The van der Waals surface area contributed by atoms with E-state index in [1.165, 1.54) is 22.3 Å². The van der Waals surface area contributed by atoms with Crippen molar-refractivity contribution in [1.82, 2.24) is 31.9 Å². The molecule has 2 heterocycles. The third-order valence-corrected chi connectivity index (χ3v) is 13.0. The Bertz CT molecular complexity index is 1880. The van der Waals surface area contributed by atoms with E-state index in [0.29, 0.717) is 26.2 Å². The third kappa shape index (κ3) is 15.4. The van der Waals surface area contributed by atoms with Gasteiger partial charge in [0.15, 0.2) is 0 Å². The summed E-state index contributed by atoms with van der Waals surface area (Å²) in [4.78, 5) is 0. The van der Waals surface area contributed by atoms with E-state index in [0.717, 1.165) is 97.6 Å². The molecule has 0 atom stereocenters. The molecule has 10 nitrogen and oxygen atoms in total. The molecular weight excluding hydrogens is 833 g/mol. The normalized spacial score (nSPS) is 18.3. The topological polar surface area (TPSA) is 109 Å². The van der Waals surface area contributed by atoms with E-state index < -0.39 is 5.41 Å². The van der Waals surface area contributed by atoms with Crippen molar-refractivity contribution in [3.8, 4) is 23.0 Å². The molecule has 67 heavy (non-hydrogen) atoms. The molecule has 0 radical (unpaired) electrons. The molecule has 6 rings (SSSR count). The fourth-order valence-electron chi connectivity index (χ4n) is 8.32. The summed E-state index contributed by atoms with van der Waals surface area (Å²) < 4.78 is 28.6. The second kappa shape index (κ2) is 23.0. The van der Waals surface area contributed by atoms with Gasteiger partial charge < -0.3 is 50.8 Å². The maximum Gasteiger partial charge on any atom is 0.123 e. The van der Waals surface area contributed by atoms with E-state index in [4.69, 9.17) is 18.9 Å². The van der Waals surface area contributed by atoms with Crippen molar-refractivity contribution in [2.24, 2.45) is 5.41 Å². The van der Waals surface area contributed by atoms with Gasteiger partial charge in [-0.25, -0.2) is 0 Å². The van der Waals surface area contributed by atoms with Crippen LogP contribution in [0, 0.1) is 5.41 Å². The average molecular weight is 919 g/mol. The Labute approximate surface area is 404 Å². The molecule has 0 fully saturated rings. The summed E-state index contributed by atoms with van der Waals surface area (Å²) in [5.74, 6) is 3.39. The highest BCUT2D eigenvalue weighted by Crippen LogP contribution is 2.36. The van der Waals surface area contributed by atoms with Gasteiger partial charge >= 0.3 is 0 Å². The van der Waals surface area contributed by atoms with Crippen LogP contribution in [0.15, 0.2) is 72.8 Å². The quantitative estimate of drug-likeness (QED) is 0.102. The van der Waals surface area contributed by atoms with Gasteiger partial charge in [-0.1, -0.05) is 132 Å². The molecule has 2 aliphatic heterocycles. The van der Waals surface area contributed by atoms with E-state index in [1.807, 2.05) is 0 Å². The Morgan fingerprint density at radius 2 is 0.522 bits per heavy atom. The van der Waals surface area contributed by atoms with Gasteiger partial charge in [0.1, 0.15) is 54.8 Å². The summed E-state index contributed by atoms with van der Waals surface area (Å²) in [6, 6.07) is 26.7. The van der Waals surface area contributed by atoms with Crippen molar-refractivity contribution in [2.75, 3.05) is 78.8 Å². The number of fused-ring (bicyclic) bond motifs is 4. The Balaban J connectivity index is 1.49. The fraction of sp³-hybridized carbons (Fsp3) is 0.579. The van der Waals surface area contributed by atoms with E-state index in [1.54, 1.807) is 0 Å². The zero-order valence-corrected chi connectivity index (χ0v) is 43.4. The zero-order valence-electron chi connectivity index (χ0n) is 43.4. The lowest BCUT2D eigenvalue weighted by atomic mass is 9.85. The number of nitrogens with one attached hydrogen (secondary N) is 6. The monoisotopic (exact) mass is 919 g/mol. The number of hydrogen-bond acceptors (Lipinski definition) is 10. The van der Waals surface area contributed by atoms with Crippen LogP contribution < -0.4 is 50.8 Å². The molecule has 4 aromatic rings. The molecule has 2 aliphatic rings. The van der Waals surface area contributed by atoms with Gasteiger partial charge in [0.2, 0.25) is 0 Å². The van der Waals surface area contributed by atoms with Gasteiger partial charge in [-0.3, -0.25) is 0 Å². The maximum atomic E-state index is 7.15. The number of hydrogen-bond donors (Lipinski definition) is 6. The van der Waals surface area contributed by atoms with Crippen molar-refractivity contribution < 1.29 is 18.9 Å². The van der Waals surface area contributed by atoms with Gasteiger partial charge in [-0.05, 0) is 68.2 Å². The highest BCUT2D eigenvalue weighted by atomic mass is 16.5. The molecule has 1 spiro atoms. The first-order chi connectivity index (χ1) is 31.7. The van der Waals surface area contributed by atoms with Gasteiger partial charge in [0, 0.05) is 101 Å². The minimum atomic E-state index is -0.785. The summed E-state index contributed by atoms with van der Waals surface area (Å²) in [5, 5.41) is 22.0. The lowest BCUT2D eigenvalue weighted by Crippen LogP contribution is -2.46. The maximum absolute atomic E-state index is 7.15. The van der Waals surface area contributed by atoms with Gasteiger partial charge in [-0.15, -0.1) is 0 Å². The van der Waals surface area contributed by atoms with Crippen molar-refractivity contribution in [3.63, 3.8) is 0 Å². The second-order valence-corrected chi connectivity index (χ2v) is 23.2. The van der Waals surface area contributed by atoms with Crippen LogP contribution in [0.25, 0.3) is 0 Å². The van der Waals surface area contributed by atoms with Crippen LogP contribution in [0.1, 0.15) is 128 Å². The summed E-state index contributed by atoms with van der Waals surface area (Å²) in [5.41, 5.74) is 8.71. The standard InChI is InChI=1S/C57H86N6O4/c1-53(2,3)45-13-17-49-41(29-45)33-60-25-21-58-22-26-61-34-42-30-46(54(4,5)6)14-18-50(42)65-38-57(37-64-49)39-66-51-19-15-47(55(7,8)9)31-43(51)35-62-27-23-59-24-28-63-36-44-32-48(56(10,11)12)16-20-52(44)67-40-57/h13-20,29-32,58-63H,21-28,33-40H2,1-12H3. The molecule has 10 heteroatoms. The molecular formula is C57H86N6O4. The molecule has 0 aliphatic carbocycles. The molecule has 0 bridgehead atoms. The van der Waals surface area contributed by atoms with Crippen LogP contribution >= 0.6 is 0 Å². The number of ether oxygens (including phenoxy) is 4. The molecule has 6 N–H and O–H groups in total. The van der Waals surface area contributed by atoms with Crippen LogP contribution in [0.4, 0.5) is 0 Å². The molecule has 0 amide bonds. The Kier molecular flexibility index (Phi) is 17.9. The summed E-state index contributed by atoms with van der Waals surface area (Å²) in [6.07, 6.45) is 0. The molecule has 0 saturated heterocycles. The highest BCUT2D eigenvalue weighted by molar-refractivity contribution is 5.43. The largest absolute Gasteiger partial charge is 0.492 e. The Morgan fingerprint density at radius 3 is 0.731 bits per heavy atom. The third-order valence-electron chi connectivity index (χ3n) is 13.0. The second-order valence-electron chi connectivity index (χ2n) is 23.2. The number of benzene rings is 4. The van der Waals surface area contributed by atoms with Gasteiger partial charge in [0.05, 0.1) is 0 Å². The molecule has 0 unspecified atom stereocenters. The smallest absolute Gasteiger partial charge is 0.123 e. The number of rotatable bonds is 0. The van der Waals surface area contributed by atoms with Crippen LogP contribution in [0.2, 0.25) is 0 Å². The lowest BCUT2D eigenvalue weighted by Gasteiger charge is -2.35. The first-order valence-electron chi connectivity index (χ1n) is 25.0. The molecule has 4 aromatic carbocycles. The molecule has 0 saturated carbocycles. The van der Waals surface area contributed by atoms with Crippen molar-refractivity contribution in [1.29, 1.82) is 0 Å². The first-order valence-corrected chi connectivity index (χ1v) is 25.0. The van der Waals surface area contributed by atoms with E-state index in [9.17, 15) is 0 Å². The SMILES string of the molecule is CC(C)(C)c1ccc2c(c1)CNCCNCCNCc1cc(C(C)(C)C)ccc1OCC1(CO2)COc2ccc(C(C)(C)C)cc2CNCCNCCNCc2cc(C(C)(C)C)ccc2OC1. The predicted molar refractivity (Wildman–Crippen MR) is 278 cm³/mol. The van der Waals surface area contributed by atoms with Crippen LogP contribution in [-0.4, -0.2) is 78.8 Å². The average Bonchev–Trinajstić information content (AvgIpc) is 3.26. The molecule has 368 valence electrons. The Morgan fingerprint density at radius 1 is 0.313 bits per heavy atom. The van der Waals surface area contributed by atoms with Crippen LogP contribution in [0.5, 0.6) is 23.0 Å². The van der Waals surface area contributed by atoms with E-state index in [-0.39, 0.29) is 48.1 Å². The van der Waals surface area contributed by atoms with E-state index >= 15 is 0 Å². The minimum Gasteiger partial charge on any atom is -0.492 e. The fourth-order valence-corrected chi connectivity index (χ4v) is 8.32. The summed E-state index contributed by atoms with van der Waals surface area (Å²) in [7, 11) is 0. The van der Waals surface area contributed by atoms with Gasteiger partial charge in [0.25, 0.3) is 0 Å². The zero-order chi connectivity index (χ0) is 48.3. The first kappa shape index (κ1) is 52.2.